The van der Waals surface area contributed by atoms with Crippen molar-refractivity contribution in [2.45, 2.75) is 19.3 Å². The number of methoxy groups -OCH3 is 1. The number of esters is 1. The highest BCUT2D eigenvalue weighted by Gasteiger charge is 2.24. The molecule has 6 nitrogen and oxygen atoms in total. The first-order chi connectivity index (χ1) is 12.9. The van der Waals surface area contributed by atoms with Gasteiger partial charge in [0, 0.05) is 17.5 Å². The number of amides is 1. The van der Waals surface area contributed by atoms with Crippen LogP contribution in [0.1, 0.15) is 40.1 Å². The second-order valence-electron chi connectivity index (χ2n) is 7.00. The van der Waals surface area contributed by atoms with Crippen molar-refractivity contribution >= 4 is 11.9 Å². The molecule has 0 bridgehead atoms. The number of carbonyl (C=O) groups is 2. The number of rotatable bonds is 5. The number of nitrogens with one attached hydrogen (secondary N) is 1. The monoisotopic (exact) mass is 369 g/mol. The Morgan fingerprint density at radius 1 is 1.04 bits per heavy atom. The van der Waals surface area contributed by atoms with Crippen LogP contribution in [0.15, 0.2) is 42.5 Å². The van der Waals surface area contributed by atoms with Crippen molar-refractivity contribution in [3.8, 4) is 11.5 Å². The van der Waals surface area contributed by atoms with Gasteiger partial charge < -0.3 is 19.5 Å². The van der Waals surface area contributed by atoms with Crippen LogP contribution in [0.25, 0.3) is 0 Å². The lowest BCUT2D eigenvalue weighted by molar-refractivity contribution is 0.0600. The van der Waals surface area contributed by atoms with E-state index in [1.165, 1.54) is 13.2 Å². The van der Waals surface area contributed by atoms with Crippen LogP contribution >= 0.6 is 0 Å². The Hall–Kier alpha value is -3.02. The van der Waals surface area contributed by atoms with Gasteiger partial charge in [-0.3, -0.25) is 4.79 Å². The van der Waals surface area contributed by atoms with Crippen LogP contribution in [0.2, 0.25) is 0 Å². The normalized spacial score (nSPS) is 13.0. The van der Waals surface area contributed by atoms with Crippen LogP contribution in [-0.2, 0) is 10.2 Å². The molecule has 142 valence electrons. The number of benzene rings is 2. The Labute approximate surface area is 158 Å². The van der Waals surface area contributed by atoms with E-state index in [0.29, 0.717) is 30.9 Å². The summed E-state index contributed by atoms with van der Waals surface area (Å²) in [6.07, 6.45) is 0. The van der Waals surface area contributed by atoms with Gasteiger partial charge in [0.2, 0.25) is 0 Å². The Kier molecular flexibility index (Phi) is 5.35. The van der Waals surface area contributed by atoms with Gasteiger partial charge in [0.15, 0.2) is 11.5 Å². The van der Waals surface area contributed by atoms with Gasteiger partial charge >= 0.3 is 5.97 Å². The molecule has 0 saturated carbocycles. The SMILES string of the molecule is COC(=O)c1cccc(C(=O)NCC(C)(C)c2ccc3c(c2)OCCO3)c1. The lowest BCUT2D eigenvalue weighted by Crippen LogP contribution is -2.36. The molecular formula is C21H23NO5. The molecule has 0 atom stereocenters. The molecule has 6 heteroatoms. The topological polar surface area (TPSA) is 73.9 Å². The van der Waals surface area contributed by atoms with E-state index in [1.807, 2.05) is 32.0 Å². The lowest BCUT2D eigenvalue weighted by Gasteiger charge is -2.28. The average Bonchev–Trinajstić information content (AvgIpc) is 2.71. The zero-order valence-electron chi connectivity index (χ0n) is 15.7. The Balaban J connectivity index is 1.70. The van der Waals surface area contributed by atoms with Crippen LogP contribution in [-0.4, -0.2) is 38.7 Å². The van der Waals surface area contributed by atoms with Gasteiger partial charge in [-0.15, -0.1) is 0 Å². The van der Waals surface area contributed by atoms with Gasteiger partial charge in [-0.2, -0.15) is 0 Å². The van der Waals surface area contributed by atoms with Crippen molar-refractivity contribution < 1.29 is 23.8 Å². The maximum Gasteiger partial charge on any atom is 0.337 e. The van der Waals surface area contributed by atoms with E-state index < -0.39 is 5.97 Å². The minimum absolute atomic E-state index is 0.244. The van der Waals surface area contributed by atoms with Crippen LogP contribution in [0.4, 0.5) is 0 Å². The van der Waals surface area contributed by atoms with E-state index in [4.69, 9.17) is 14.2 Å². The average molecular weight is 369 g/mol. The van der Waals surface area contributed by atoms with Gasteiger partial charge in [-0.05, 0) is 35.9 Å². The Morgan fingerprint density at radius 2 is 1.74 bits per heavy atom. The molecule has 0 radical (unpaired) electrons. The molecule has 1 N–H and O–H groups in total. The third-order valence-corrected chi connectivity index (χ3v) is 4.56. The van der Waals surface area contributed by atoms with Crippen LogP contribution in [0.3, 0.4) is 0 Å². The highest BCUT2D eigenvalue weighted by atomic mass is 16.6. The van der Waals surface area contributed by atoms with Gasteiger partial charge in [0.05, 0.1) is 12.7 Å². The summed E-state index contributed by atoms with van der Waals surface area (Å²) >= 11 is 0. The first-order valence-electron chi connectivity index (χ1n) is 8.77. The zero-order valence-corrected chi connectivity index (χ0v) is 15.7. The van der Waals surface area contributed by atoms with E-state index in [9.17, 15) is 9.59 Å². The lowest BCUT2D eigenvalue weighted by atomic mass is 9.84. The van der Waals surface area contributed by atoms with Crippen molar-refractivity contribution in [2.24, 2.45) is 0 Å². The van der Waals surface area contributed by atoms with Gasteiger partial charge in [0.1, 0.15) is 13.2 Å². The number of hydrogen-bond acceptors (Lipinski definition) is 5. The molecule has 2 aromatic rings. The van der Waals surface area contributed by atoms with Crippen LogP contribution in [0.5, 0.6) is 11.5 Å². The number of hydrogen-bond donors (Lipinski definition) is 1. The largest absolute Gasteiger partial charge is 0.486 e. The molecular weight excluding hydrogens is 346 g/mol. The molecule has 3 rings (SSSR count). The minimum Gasteiger partial charge on any atom is -0.486 e. The summed E-state index contributed by atoms with van der Waals surface area (Å²) in [6, 6.07) is 12.3. The molecule has 27 heavy (non-hydrogen) atoms. The van der Waals surface area contributed by atoms with E-state index >= 15 is 0 Å². The third-order valence-electron chi connectivity index (χ3n) is 4.56. The molecule has 0 aliphatic carbocycles. The molecule has 1 amide bonds. The molecule has 0 saturated heterocycles. The number of ether oxygens (including phenoxy) is 3. The van der Waals surface area contributed by atoms with Crippen molar-refractivity contribution in [3.63, 3.8) is 0 Å². The smallest absolute Gasteiger partial charge is 0.337 e. The third kappa shape index (κ3) is 4.22. The second kappa shape index (κ2) is 7.70. The van der Waals surface area contributed by atoms with Crippen molar-refractivity contribution in [2.75, 3.05) is 26.9 Å². The summed E-state index contributed by atoms with van der Waals surface area (Å²) in [5, 5.41) is 2.94. The summed E-state index contributed by atoms with van der Waals surface area (Å²) < 4.78 is 15.9. The number of fused-ring (bicyclic) bond motifs is 1. The fraction of sp³-hybridized carbons (Fsp3) is 0.333. The second-order valence-corrected chi connectivity index (χ2v) is 7.00. The van der Waals surface area contributed by atoms with Crippen molar-refractivity contribution in [1.82, 2.24) is 5.32 Å². The maximum absolute atomic E-state index is 12.5. The first-order valence-corrected chi connectivity index (χ1v) is 8.77. The molecule has 0 spiro atoms. The minimum atomic E-state index is -0.471. The summed E-state index contributed by atoms with van der Waals surface area (Å²) in [5.74, 6) is 0.751. The molecule has 0 fully saturated rings. The molecule has 1 aliphatic heterocycles. The van der Waals surface area contributed by atoms with Crippen molar-refractivity contribution in [1.29, 1.82) is 0 Å². The molecule has 0 aromatic heterocycles. The standard InChI is InChI=1S/C21H23NO5/c1-21(2,16-7-8-17-18(12-16)27-10-9-26-17)13-22-19(23)14-5-4-6-15(11-14)20(24)25-3/h4-8,11-12H,9-10,13H2,1-3H3,(H,22,23). The summed E-state index contributed by atoms with van der Waals surface area (Å²) in [6.45, 7) is 5.60. The Bertz CT molecular complexity index is 859. The summed E-state index contributed by atoms with van der Waals surface area (Å²) in [4.78, 5) is 24.1. The van der Waals surface area contributed by atoms with Gasteiger partial charge in [-0.1, -0.05) is 26.0 Å². The predicted molar refractivity (Wildman–Crippen MR) is 101 cm³/mol. The predicted octanol–water partition coefficient (Wildman–Crippen LogP) is 2.95. The van der Waals surface area contributed by atoms with Gasteiger partial charge in [0.25, 0.3) is 5.91 Å². The molecule has 0 unspecified atom stereocenters. The molecule has 1 aliphatic rings. The number of carbonyl (C=O) groups excluding carboxylic acids is 2. The summed E-state index contributed by atoms with van der Waals surface area (Å²) in [5.41, 5.74) is 1.48. The summed E-state index contributed by atoms with van der Waals surface area (Å²) in [7, 11) is 1.31. The maximum atomic E-state index is 12.5. The zero-order chi connectivity index (χ0) is 19.4. The highest BCUT2D eigenvalue weighted by Crippen LogP contribution is 2.34. The fourth-order valence-corrected chi connectivity index (χ4v) is 2.87. The van der Waals surface area contributed by atoms with Crippen molar-refractivity contribution in [3.05, 3.63) is 59.2 Å². The van der Waals surface area contributed by atoms with Crippen LogP contribution < -0.4 is 14.8 Å². The quantitative estimate of drug-likeness (QED) is 0.821. The van der Waals surface area contributed by atoms with Crippen LogP contribution in [0, 0.1) is 0 Å². The van der Waals surface area contributed by atoms with Gasteiger partial charge in [-0.25, -0.2) is 4.79 Å². The fourth-order valence-electron chi connectivity index (χ4n) is 2.87. The van der Waals surface area contributed by atoms with E-state index in [0.717, 1.165) is 17.1 Å². The Morgan fingerprint density at radius 3 is 2.48 bits per heavy atom. The first kappa shape index (κ1) is 18.8. The molecule has 1 heterocycles. The van der Waals surface area contributed by atoms with E-state index in [2.05, 4.69) is 5.32 Å². The van der Waals surface area contributed by atoms with E-state index in [1.54, 1.807) is 18.2 Å². The molecule has 2 aromatic carbocycles. The highest BCUT2D eigenvalue weighted by molar-refractivity contribution is 5.97. The van der Waals surface area contributed by atoms with E-state index in [-0.39, 0.29) is 11.3 Å².